The van der Waals surface area contributed by atoms with Crippen LogP contribution in [0.15, 0.2) is 48.7 Å². The van der Waals surface area contributed by atoms with Gasteiger partial charge in [-0.05, 0) is 44.5 Å². The van der Waals surface area contributed by atoms with E-state index in [2.05, 4.69) is 15.2 Å². The molecule has 1 saturated heterocycles. The maximum Gasteiger partial charge on any atom is 0.238 e. The lowest BCUT2D eigenvalue weighted by atomic mass is 10.1. The number of hydrogen-bond donors (Lipinski definition) is 1. The van der Waals surface area contributed by atoms with Crippen LogP contribution in [0.5, 0.6) is 0 Å². The van der Waals surface area contributed by atoms with Gasteiger partial charge < -0.3 is 10.1 Å². The number of rotatable bonds is 4. The van der Waals surface area contributed by atoms with Gasteiger partial charge in [-0.15, -0.1) is 0 Å². The molecule has 2 atom stereocenters. The molecule has 6 heteroatoms. The van der Waals surface area contributed by atoms with E-state index < -0.39 is 0 Å². The van der Waals surface area contributed by atoms with E-state index in [1.54, 1.807) is 6.20 Å². The van der Waals surface area contributed by atoms with Gasteiger partial charge in [-0.1, -0.05) is 24.3 Å². The van der Waals surface area contributed by atoms with Gasteiger partial charge in [-0.25, -0.2) is 4.98 Å². The number of aromatic nitrogens is 2. The first kappa shape index (κ1) is 19.5. The number of nitrogens with zero attached hydrogens (tertiary/aromatic N) is 3. The predicted octanol–water partition coefficient (Wildman–Crippen LogP) is 3.65. The molecule has 2 heterocycles. The normalized spacial score (nSPS) is 20.0. The first-order chi connectivity index (χ1) is 14.0. The molecule has 1 aromatic heterocycles. The fourth-order valence-corrected chi connectivity index (χ4v) is 3.82. The number of ether oxygens (including phenoxy) is 1. The number of morpholine rings is 1. The molecule has 0 bridgehead atoms. The number of para-hydroxylation sites is 2. The molecule has 1 N–H and O–H groups in total. The van der Waals surface area contributed by atoms with Crippen LogP contribution in [0, 0.1) is 6.92 Å². The summed E-state index contributed by atoms with van der Waals surface area (Å²) in [5.74, 6) is -0.0175. The molecular formula is C23H26N4O2. The summed E-state index contributed by atoms with van der Waals surface area (Å²) < 4.78 is 5.74. The van der Waals surface area contributed by atoms with Crippen LogP contribution in [0.1, 0.15) is 19.4 Å². The molecule has 0 saturated carbocycles. The van der Waals surface area contributed by atoms with Crippen LogP contribution in [0.3, 0.4) is 0 Å². The third-order valence-electron chi connectivity index (χ3n) is 5.12. The number of hydrogen-bond acceptors (Lipinski definition) is 5. The second-order valence-electron chi connectivity index (χ2n) is 7.77. The van der Waals surface area contributed by atoms with Crippen molar-refractivity contribution in [3.8, 4) is 11.3 Å². The van der Waals surface area contributed by atoms with Crippen LogP contribution in [-0.2, 0) is 9.53 Å². The van der Waals surface area contributed by atoms with Crippen molar-refractivity contribution in [3.63, 3.8) is 0 Å². The maximum absolute atomic E-state index is 12.6. The number of carbonyl (C=O) groups excluding carboxylic acids is 1. The van der Waals surface area contributed by atoms with E-state index in [1.165, 1.54) is 0 Å². The molecule has 1 aliphatic rings. The summed E-state index contributed by atoms with van der Waals surface area (Å²) in [5, 5.41) is 3.06. The Bertz CT molecular complexity index is 1030. The van der Waals surface area contributed by atoms with Crippen molar-refractivity contribution in [3.05, 3.63) is 54.2 Å². The lowest BCUT2D eigenvalue weighted by Gasteiger charge is -2.34. The van der Waals surface area contributed by atoms with Gasteiger partial charge in [-0.2, -0.15) is 0 Å². The summed E-state index contributed by atoms with van der Waals surface area (Å²) in [6.07, 6.45) is 2.06. The highest BCUT2D eigenvalue weighted by molar-refractivity contribution is 5.93. The van der Waals surface area contributed by atoms with Crippen molar-refractivity contribution in [1.29, 1.82) is 0 Å². The van der Waals surface area contributed by atoms with Crippen molar-refractivity contribution < 1.29 is 9.53 Å². The van der Waals surface area contributed by atoms with Crippen molar-refractivity contribution in [2.45, 2.75) is 33.0 Å². The summed E-state index contributed by atoms with van der Waals surface area (Å²) in [4.78, 5) is 24.0. The second-order valence-corrected chi connectivity index (χ2v) is 7.77. The molecule has 2 aromatic carbocycles. The van der Waals surface area contributed by atoms with Crippen LogP contribution in [-0.4, -0.2) is 52.6 Å². The molecule has 0 spiro atoms. The van der Waals surface area contributed by atoms with Crippen molar-refractivity contribution in [1.82, 2.24) is 14.9 Å². The zero-order valence-electron chi connectivity index (χ0n) is 17.1. The van der Waals surface area contributed by atoms with Gasteiger partial charge in [0.05, 0.1) is 41.7 Å². The summed E-state index contributed by atoms with van der Waals surface area (Å²) >= 11 is 0. The van der Waals surface area contributed by atoms with Crippen LogP contribution < -0.4 is 5.32 Å². The molecule has 1 amide bonds. The van der Waals surface area contributed by atoms with E-state index >= 15 is 0 Å². The molecule has 6 nitrogen and oxygen atoms in total. The minimum atomic E-state index is -0.0175. The highest BCUT2D eigenvalue weighted by atomic mass is 16.5. The molecule has 1 aliphatic heterocycles. The zero-order valence-corrected chi connectivity index (χ0v) is 17.1. The molecule has 0 aliphatic carbocycles. The molecule has 4 rings (SSSR count). The minimum Gasteiger partial charge on any atom is -0.373 e. The van der Waals surface area contributed by atoms with E-state index in [0.29, 0.717) is 6.54 Å². The number of benzene rings is 2. The average Bonchev–Trinajstić information content (AvgIpc) is 2.68. The van der Waals surface area contributed by atoms with E-state index in [9.17, 15) is 4.79 Å². The van der Waals surface area contributed by atoms with Gasteiger partial charge in [0.25, 0.3) is 0 Å². The Hall–Kier alpha value is -2.83. The Morgan fingerprint density at radius 3 is 2.62 bits per heavy atom. The number of amides is 1. The number of carbonyl (C=O) groups is 1. The average molecular weight is 390 g/mol. The fourth-order valence-electron chi connectivity index (χ4n) is 3.82. The van der Waals surface area contributed by atoms with Crippen LogP contribution >= 0.6 is 0 Å². The van der Waals surface area contributed by atoms with Crippen LogP contribution in [0.25, 0.3) is 22.3 Å². The number of aryl methyl sites for hydroxylation is 1. The standard InChI is InChI=1S/C23H26N4O2/c1-15-8-9-18(22-11-24-19-6-4-5-7-20(19)25-22)10-21(15)26-23(28)14-27-12-16(2)29-17(3)13-27/h4-11,16-17H,12-14H2,1-3H3,(H,26,28)/t16-,17-/m1/s1. The molecular weight excluding hydrogens is 364 g/mol. The number of fused-ring (bicyclic) bond motifs is 1. The van der Waals surface area contributed by atoms with E-state index in [0.717, 1.165) is 46.6 Å². The Balaban J connectivity index is 1.51. The summed E-state index contributed by atoms with van der Waals surface area (Å²) in [5.41, 5.74) is 5.25. The van der Waals surface area contributed by atoms with E-state index in [4.69, 9.17) is 9.72 Å². The molecule has 150 valence electrons. The van der Waals surface area contributed by atoms with Crippen molar-refractivity contribution >= 4 is 22.6 Å². The smallest absolute Gasteiger partial charge is 0.238 e. The summed E-state index contributed by atoms with van der Waals surface area (Å²) in [6.45, 7) is 7.96. The predicted molar refractivity (Wildman–Crippen MR) is 115 cm³/mol. The SMILES string of the molecule is Cc1ccc(-c2cnc3ccccc3n2)cc1NC(=O)CN1C[C@@H](C)O[C@H](C)C1. The third-order valence-corrected chi connectivity index (χ3v) is 5.12. The molecule has 1 fully saturated rings. The Kier molecular flexibility index (Phi) is 5.56. The fraction of sp³-hybridized carbons (Fsp3) is 0.348. The Labute approximate surface area is 170 Å². The Morgan fingerprint density at radius 1 is 1.14 bits per heavy atom. The maximum atomic E-state index is 12.6. The third kappa shape index (κ3) is 4.60. The van der Waals surface area contributed by atoms with E-state index in [-0.39, 0.29) is 18.1 Å². The topological polar surface area (TPSA) is 67.4 Å². The molecule has 0 radical (unpaired) electrons. The van der Waals surface area contributed by atoms with Crippen LogP contribution in [0.4, 0.5) is 5.69 Å². The van der Waals surface area contributed by atoms with Gasteiger partial charge in [0.2, 0.25) is 5.91 Å². The lowest BCUT2D eigenvalue weighted by molar-refractivity contribution is -0.121. The quantitative estimate of drug-likeness (QED) is 0.736. The Morgan fingerprint density at radius 2 is 1.86 bits per heavy atom. The minimum absolute atomic E-state index is 0.0175. The number of nitrogens with one attached hydrogen (secondary N) is 1. The highest BCUT2D eigenvalue weighted by Gasteiger charge is 2.23. The van der Waals surface area contributed by atoms with Crippen molar-refractivity contribution in [2.75, 3.05) is 25.0 Å². The van der Waals surface area contributed by atoms with Gasteiger partial charge in [0.15, 0.2) is 0 Å². The van der Waals surface area contributed by atoms with Gasteiger partial charge in [-0.3, -0.25) is 14.7 Å². The van der Waals surface area contributed by atoms with Crippen molar-refractivity contribution in [2.24, 2.45) is 0 Å². The first-order valence-corrected chi connectivity index (χ1v) is 9.98. The summed E-state index contributed by atoms with van der Waals surface area (Å²) in [7, 11) is 0. The zero-order chi connectivity index (χ0) is 20.4. The molecule has 3 aromatic rings. The molecule has 0 unspecified atom stereocenters. The summed E-state index contributed by atoms with van der Waals surface area (Å²) in [6, 6.07) is 13.8. The van der Waals surface area contributed by atoms with Crippen LogP contribution in [0.2, 0.25) is 0 Å². The van der Waals surface area contributed by atoms with Gasteiger partial charge in [0.1, 0.15) is 0 Å². The largest absolute Gasteiger partial charge is 0.373 e. The number of anilines is 1. The highest BCUT2D eigenvalue weighted by Crippen LogP contribution is 2.25. The van der Waals surface area contributed by atoms with E-state index in [1.807, 2.05) is 63.2 Å². The monoisotopic (exact) mass is 390 g/mol. The lowest BCUT2D eigenvalue weighted by Crippen LogP contribution is -2.48. The van der Waals surface area contributed by atoms with Gasteiger partial charge >= 0.3 is 0 Å². The first-order valence-electron chi connectivity index (χ1n) is 9.98. The second kappa shape index (κ2) is 8.27. The molecule has 29 heavy (non-hydrogen) atoms. The van der Waals surface area contributed by atoms with Gasteiger partial charge in [0, 0.05) is 24.3 Å².